The van der Waals surface area contributed by atoms with Gasteiger partial charge in [0.2, 0.25) is 0 Å². The van der Waals surface area contributed by atoms with Crippen molar-refractivity contribution >= 4 is 40.7 Å². The van der Waals surface area contributed by atoms with E-state index in [2.05, 4.69) is 34.3 Å². The second-order valence-electron chi connectivity index (χ2n) is 17.3. The summed E-state index contributed by atoms with van der Waals surface area (Å²) in [5.41, 5.74) is 2.46. The molecule has 0 aromatic heterocycles. The van der Waals surface area contributed by atoms with E-state index < -0.39 is 17.9 Å². The average Bonchev–Trinajstić information content (AvgIpc) is 3.37. The fraction of sp³-hybridized carbons (Fsp3) is 0.421. The molecule has 0 spiro atoms. The van der Waals surface area contributed by atoms with E-state index in [1.54, 1.807) is 24.3 Å². The van der Waals surface area contributed by atoms with Gasteiger partial charge in [-0.15, -0.1) is 0 Å². The van der Waals surface area contributed by atoms with Crippen LogP contribution in [0.4, 0.5) is 22.7 Å². The van der Waals surface area contributed by atoms with Gasteiger partial charge in [-0.25, -0.2) is 14.4 Å². The minimum atomic E-state index is -1.30. The third-order valence-electron chi connectivity index (χ3n) is 11.5. The van der Waals surface area contributed by atoms with Crippen LogP contribution in [0.1, 0.15) is 173 Å². The number of ether oxygens (including phenoxy) is 4. The highest BCUT2D eigenvalue weighted by molar-refractivity contribution is 5.94. The highest BCUT2D eigenvalue weighted by Gasteiger charge is 2.16. The summed E-state index contributed by atoms with van der Waals surface area (Å²) < 4.78 is 22.8. The van der Waals surface area contributed by atoms with Crippen molar-refractivity contribution in [2.24, 2.45) is 20.5 Å². The zero-order valence-electron chi connectivity index (χ0n) is 40.6. The Labute approximate surface area is 408 Å². The Morgan fingerprint density at radius 1 is 0.362 bits per heavy atom. The molecule has 0 aliphatic carbocycles. The van der Waals surface area contributed by atoms with Gasteiger partial charge in [0.15, 0.2) is 0 Å². The van der Waals surface area contributed by atoms with Crippen molar-refractivity contribution in [3.8, 4) is 23.0 Å². The molecule has 0 aliphatic rings. The maximum Gasteiger partial charge on any atom is 0.343 e. The van der Waals surface area contributed by atoms with E-state index in [0.29, 0.717) is 36.0 Å². The van der Waals surface area contributed by atoms with Crippen LogP contribution in [0.5, 0.6) is 23.0 Å². The lowest BCUT2D eigenvalue weighted by Gasteiger charge is -2.10. The SMILES string of the molecule is CCCCCCCCCCCCOc1ccc(N=Nc2ccc(C(=O)Oc3cc(OC(=O)c4ccc(N=Nc5ccc(OCCCCCCCCCCCC)cc5)cc4)cc(C(=O)O)c3)cc2)cc1. The van der Waals surface area contributed by atoms with E-state index in [0.717, 1.165) is 24.3 Å². The van der Waals surface area contributed by atoms with Gasteiger partial charge in [0.25, 0.3) is 0 Å². The molecule has 0 radical (unpaired) electrons. The van der Waals surface area contributed by atoms with Gasteiger partial charge in [-0.3, -0.25) is 0 Å². The zero-order chi connectivity index (χ0) is 48.7. The molecule has 0 heterocycles. The summed E-state index contributed by atoms with van der Waals surface area (Å²) in [6.45, 7) is 5.87. The van der Waals surface area contributed by atoms with Gasteiger partial charge >= 0.3 is 17.9 Å². The predicted octanol–water partition coefficient (Wildman–Crippen LogP) is 17.3. The third kappa shape index (κ3) is 21.0. The molecule has 0 atom stereocenters. The monoisotopic (exact) mass is 939 g/mol. The molecule has 0 bridgehead atoms. The van der Waals surface area contributed by atoms with Gasteiger partial charge < -0.3 is 24.1 Å². The van der Waals surface area contributed by atoms with Crippen molar-refractivity contribution < 1.29 is 38.4 Å². The van der Waals surface area contributed by atoms with Crippen molar-refractivity contribution in [2.45, 2.75) is 142 Å². The van der Waals surface area contributed by atoms with E-state index in [-0.39, 0.29) is 28.2 Å². The van der Waals surface area contributed by atoms with Crippen LogP contribution in [-0.4, -0.2) is 36.2 Å². The second kappa shape index (κ2) is 31.4. The van der Waals surface area contributed by atoms with Crippen molar-refractivity contribution in [1.82, 2.24) is 0 Å². The van der Waals surface area contributed by atoms with Gasteiger partial charge in [0.05, 0.1) is 52.7 Å². The smallest absolute Gasteiger partial charge is 0.343 e. The van der Waals surface area contributed by atoms with E-state index >= 15 is 0 Å². The maximum absolute atomic E-state index is 13.1. The molecule has 0 aliphatic heterocycles. The number of nitrogens with zero attached hydrogens (tertiary/aromatic N) is 4. The topological polar surface area (TPSA) is 158 Å². The van der Waals surface area contributed by atoms with Crippen molar-refractivity contribution in [3.63, 3.8) is 0 Å². The molecule has 0 saturated heterocycles. The summed E-state index contributed by atoms with van der Waals surface area (Å²) in [7, 11) is 0. The maximum atomic E-state index is 13.1. The summed E-state index contributed by atoms with van der Waals surface area (Å²) in [4.78, 5) is 38.2. The molecule has 0 saturated carbocycles. The molecule has 366 valence electrons. The van der Waals surface area contributed by atoms with Crippen molar-refractivity contribution in [1.29, 1.82) is 0 Å². The first kappa shape index (κ1) is 53.3. The molecule has 12 nitrogen and oxygen atoms in total. The Bertz CT molecular complexity index is 2170. The van der Waals surface area contributed by atoms with Crippen molar-refractivity contribution in [2.75, 3.05) is 13.2 Å². The molecule has 12 heteroatoms. The summed E-state index contributed by atoms with van der Waals surface area (Å²) in [6.07, 6.45) is 25.6. The number of aromatic carboxylic acids is 1. The van der Waals surface area contributed by atoms with Crippen LogP contribution in [0.25, 0.3) is 0 Å². The van der Waals surface area contributed by atoms with E-state index in [1.807, 2.05) is 48.5 Å². The van der Waals surface area contributed by atoms with E-state index in [4.69, 9.17) is 18.9 Å². The highest BCUT2D eigenvalue weighted by Crippen LogP contribution is 2.28. The fourth-order valence-electron chi connectivity index (χ4n) is 7.48. The standard InChI is InChI=1S/C57H70N4O8/c1-3-5-7-9-11-13-15-17-19-21-39-66-51-35-31-49(32-36-51)60-58-47-27-23-44(24-28-47)56(64)68-53-41-46(55(62)63)42-54(43-53)69-57(65)45-25-29-48(30-26-45)59-61-50-33-37-52(38-34-50)67-40-22-20-18-16-14-12-10-8-6-4-2/h23-38,41-43H,3-22,39-40H2,1-2H3,(H,62,63). The van der Waals surface area contributed by atoms with Gasteiger partial charge in [0, 0.05) is 6.07 Å². The quantitative estimate of drug-likeness (QED) is 0.0188. The third-order valence-corrected chi connectivity index (χ3v) is 11.5. The number of carbonyl (C=O) groups excluding carboxylic acids is 2. The second-order valence-corrected chi connectivity index (χ2v) is 17.3. The van der Waals surface area contributed by atoms with E-state index in [9.17, 15) is 19.5 Å². The number of azo groups is 2. The molecule has 0 amide bonds. The number of carbonyl (C=O) groups is 3. The molecule has 5 rings (SSSR count). The first-order chi connectivity index (χ1) is 33.8. The lowest BCUT2D eigenvalue weighted by molar-refractivity contribution is 0.0680. The summed E-state index contributed by atoms with van der Waals surface area (Å²) >= 11 is 0. The van der Waals surface area contributed by atoms with Gasteiger partial charge in [0.1, 0.15) is 23.0 Å². The van der Waals surface area contributed by atoms with Crippen LogP contribution >= 0.6 is 0 Å². The van der Waals surface area contributed by atoms with Gasteiger partial charge in [-0.1, -0.05) is 129 Å². The number of hydrogen-bond donors (Lipinski definition) is 1. The molecule has 69 heavy (non-hydrogen) atoms. The lowest BCUT2D eigenvalue weighted by Crippen LogP contribution is -2.11. The average molecular weight is 939 g/mol. The van der Waals surface area contributed by atoms with Gasteiger partial charge in [-0.05, 0) is 122 Å². The van der Waals surface area contributed by atoms with Crippen LogP contribution in [0.2, 0.25) is 0 Å². The predicted molar refractivity (Wildman–Crippen MR) is 272 cm³/mol. The van der Waals surface area contributed by atoms with E-state index in [1.165, 1.54) is 158 Å². The lowest BCUT2D eigenvalue weighted by atomic mass is 10.1. The number of hydrogen-bond acceptors (Lipinski definition) is 11. The molecule has 5 aromatic rings. The summed E-state index contributed by atoms with van der Waals surface area (Å²) in [5.74, 6) is -1.46. The molecule has 1 N–H and O–H groups in total. The fourth-order valence-corrected chi connectivity index (χ4v) is 7.48. The molecule has 0 fully saturated rings. The zero-order valence-corrected chi connectivity index (χ0v) is 40.6. The number of rotatable bonds is 33. The molecular weight excluding hydrogens is 869 g/mol. The van der Waals surface area contributed by atoms with Crippen LogP contribution in [0.15, 0.2) is 136 Å². The minimum Gasteiger partial charge on any atom is -0.494 e. The van der Waals surface area contributed by atoms with Crippen LogP contribution in [0.3, 0.4) is 0 Å². The van der Waals surface area contributed by atoms with Crippen molar-refractivity contribution in [3.05, 3.63) is 132 Å². The first-order valence-corrected chi connectivity index (χ1v) is 25.1. The molecule has 5 aromatic carbocycles. The van der Waals surface area contributed by atoms with Crippen LogP contribution in [-0.2, 0) is 0 Å². The van der Waals surface area contributed by atoms with Crippen LogP contribution < -0.4 is 18.9 Å². The summed E-state index contributed by atoms with van der Waals surface area (Å²) in [6, 6.07) is 31.0. The number of carboxylic acids is 1. The minimum absolute atomic E-state index is 0.119. The van der Waals surface area contributed by atoms with Crippen LogP contribution in [0, 0.1) is 0 Å². The Hall–Kier alpha value is -6.69. The number of esters is 2. The normalized spacial score (nSPS) is 11.3. The Kier molecular flexibility index (Phi) is 24.2. The number of benzene rings is 5. The highest BCUT2D eigenvalue weighted by atomic mass is 16.5. The summed E-state index contributed by atoms with van der Waals surface area (Å²) in [5, 5.41) is 26.9. The Morgan fingerprint density at radius 3 is 0.957 bits per heavy atom. The molecular formula is C57H70N4O8. The largest absolute Gasteiger partial charge is 0.494 e. The number of unbranched alkanes of at least 4 members (excludes halogenated alkanes) is 18. The Balaban J connectivity index is 1.03. The molecule has 0 unspecified atom stereocenters. The van der Waals surface area contributed by atoms with Gasteiger partial charge in [-0.2, -0.15) is 20.5 Å². The Morgan fingerprint density at radius 2 is 0.652 bits per heavy atom. The first-order valence-electron chi connectivity index (χ1n) is 25.1. The number of carboxylic acid groups (broad SMARTS) is 1.